The Labute approximate surface area is 194 Å². The Morgan fingerprint density at radius 1 is 0.906 bits per heavy atom. The zero-order chi connectivity index (χ0) is 21.8. The lowest BCUT2D eigenvalue weighted by atomic mass is 9.84. The molecule has 3 aliphatic rings. The predicted octanol–water partition coefficient (Wildman–Crippen LogP) is 8.58. The van der Waals surface area contributed by atoms with Crippen molar-refractivity contribution in [1.82, 2.24) is 0 Å². The normalized spacial score (nSPS) is 18.2. The maximum Gasteiger partial charge on any atom is -0.00137 e. The quantitative estimate of drug-likeness (QED) is 0.375. The summed E-state index contributed by atoms with van der Waals surface area (Å²) >= 11 is 0. The summed E-state index contributed by atoms with van der Waals surface area (Å²) in [5.74, 6) is 0.903. The molecule has 0 saturated heterocycles. The smallest absolute Gasteiger partial charge is 0.00137 e. The zero-order valence-corrected chi connectivity index (χ0v) is 19.4. The van der Waals surface area contributed by atoms with E-state index in [9.17, 15) is 0 Å². The van der Waals surface area contributed by atoms with Crippen LogP contribution in [0, 0.1) is 5.92 Å². The minimum Gasteiger partial charge on any atom is -0.0995 e. The van der Waals surface area contributed by atoms with Crippen LogP contribution in [0.1, 0.15) is 73.6 Å². The Bertz CT molecular complexity index is 1050. The molecule has 2 aromatic carbocycles. The van der Waals surface area contributed by atoms with Gasteiger partial charge in [0, 0.05) is 0 Å². The van der Waals surface area contributed by atoms with Gasteiger partial charge in [0.05, 0.1) is 0 Å². The molecule has 1 fully saturated rings. The number of benzene rings is 2. The van der Waals surface area contributed by atoms with E-state index >= 15 is 0 Å². The lowest BCUT2D eigenvalue weighted by Crippen LogP contribution is -2.09. The van der Waals surface area contributed by atoms with E-state index in [-0.39, 0.29) is 0 Å². The molecule has 0 nitrogen and oxygen atoms in total. The molecule has 0 amide bonds. The standard InChI is InChI=1S/C32H36/c1-24(15-16-25-9-4-2-5-10-25)19-29-13-8-14-32(29)31-22-28-18-17-27(21-30(28)23-31)20-26-11-6-3-7-12-26/h2,4-5,9-10,13-14,17-18,21,23,26H,1,3,6-8,11-12,15-16,19-20,22H2. The fraction of sp³-hybridized carbons (Fsp3) is 0.375. The van der Waals surface area contributed by atoms with Crippen LogP contribution in [0.5, 0.6) is 0 Å². The minimum atomic E-state index is 0.903. The second-order valence-electron chi connectivity index (χ2n) is 10.1. The fourth-order valence-electron chi connectivity index (χ4n) is 5.80. The van der Waals surface area contributed by atoms with Crippen LogP contribution < -0.4 is 0 Å². The van der Waals surface area contributed by atoms with Gasteiger partial charge in [-0.3, -0.25) is 0 Å². The summed E-state index contributed by atoms with van der Waals surface area (Å²) in [4.78, 5) is 0. The highest BCUT2D eigenvalue weighted by molar-refractivity contribution is 5.72. The summed E-state index contributed by atoms with van der Waals surface area (Å²) in [6.45, 7) is 4.41. The van der Waals surface area contributed by atoms with Crippen LogP contribution in [-0.4, -0.2) is 0 Å². The lowest BCUT2D eigenvalue weighted by Gasteiger charge is -2.21. The van der Waals surface area contributed by atoms with E-state index < -0.39 is 0 Å². The van der Waals surface area contributed by atoms with Crippen molar-refractivity contribution in [2.24, 2.45) is 5.92 Å². The Morgan fingerprint density at radius 2 is 1.75 bits per heavy atom. The van der Waals surface area contributed by atoms with E-state index in [1.807, 2.05) is 0 Å². The maximum absolute atomic E-state index is 4.41. The first kappa shape index (κ1) is 21.3. The molecule has 0 spiro atoms. The second-order valence-corrected chi connectivity index (χ2v) is 10.1. The number of rotatable bonds is 8. The molecule has 164 valence electrons. The third kappa shape index (κ3) is 5.07. The molecular formula is C32H36. The average Bonchev–Trinajstić information content (AvgIpc) is 3.45. The molecule has 0 heterocycles. The van der Waals surface area contributed by atoms with Crippen LogP contribution >= 0.6 is 0 Å². The topological polar surface area (TPSA) is 0 Å². The van der Waals surface area contributed by atoms with Gasteiger partial charge >= 0.3 is 0 Å². The van der Waals surface area contributed by atoms with Crippen LogP contribution in [0.2, 0.25) is 0 Å². The van der Waals surface area contributed by atoms with Crippen molar-refractivity contribution in [1.29, 1.82) is 0 Å². The monoisotopic (exact) mass is 420 g/mol. The van der Waals surface area contributed by atoms with Gasteiger partial charge < -0.3 is 0 Å². The van der Waals surface area contributed by atoms with E-state index in [0.717, 1.165) is 38.0 Å². The molecular weight excluding hydrogens is 384 g/mol. The summed E-state index contributed by atoms with van der Waals surface area (Å²) in [6.07, 6.45) is 21.1. The van der Waals surface area contributed by atoms with Crippen molar-refractivity contribution < 1.29 is 0 Å². The molecule has 0 unspecified atom stereocenters. The Hall–Kier alpha value is -2.60. The molecule has 3 aliphatic carbocycles. The largest absolute Gasteiger partial charge is 0.0995 e. The highest BCUT2D eigenvalue weighted by Crippen LogP contribution is 2.38. The molecule has 0 aromatic heterocycles. The third-order valence-corrected chi connectivity index (χ3v) is 7.60. The first-order valence-corrected chi connectivity index (χ1v) is 12.7. The van der Waals surface area contributed by atoms with E-state index in [0.29, 0.717) is 0 Å². The van der Waals surface area contributed by atoms with E-state index in [4.69, 9.17) is 0 Å². The van der Waals surface area contributed by atoms with E-state index in [1.54, 1.807) is 5.56 Å². The van der Waals surface area contributed by atoms with Gasteiger partial charge in [0.1, 0.15) is 0 Å². The van der Waals surface area contributed by atoms with Crippen molar-refractivity contribution in [2.45, 2.75) is 70.6 Å². The van der Waals surface area contributed by atoms with Gasteiger partial charge in [-0.15, -0.1) is 0 Å². The number of hydrogen-bond acceptors (Lipinski definition) is 0. The van der Waals surface area contributed by atoms with Crippen LogP contribution in [0.25, 0.3) is 6.08 Å². The number of fused-ring (bicyclic) bond motifs is 1. The number of aryl methyl sites for hydroxylation is 1. The number of allylic oxidation sites excluding steroid dienone is 6. The zero-order valence-electron chi connectivity index (χ0n) is 19.4. The van der Waals surface area contributed by atoms with Gasteiger partial charge in [-0.25, -0.2) is 0 Å². The van der Waals surface area contributed by atoms with Crippen molar-refractivity contribution in [3.63, 3.8) is 0 Å². The minimum absolute atomic E-state index is 0.903. The lowest BCUT2D eigenvalue weighted by molar-refractivity contribution is 0.356. The molecule has 0 heteroatoms. The van der Waals surface area contributed by atoms with Gasteiger partial charge in [-0.1, -0.05) is 111 Å². The summed E-state index contributed by atoms with van der Waals surface area (Å²) in [5.41, 5.74) is 11.7. The molecule has 1 saturated carbocycles. The highest BCUT2D eigenvalue weighted by Gasteiger charge is 2.21. The summed E-state index contributed by atoms with van der Waals surface area (Å²) in [5, 5.41) is 0. The highest BCUT2D eigenvalue weighted by atomic mass is 14.3. The first-order valence-electron chi connectivity index (χ1n) is 12.7. The molecule has 32 heavy (non-hydrogen) atoms. The summed E-state index contributed by atoms with van der Waals surface area (Å²) < 4.78 is 0. The van der Waals surface area contributed by atoms with E-state index in [2.05, 4.69) is 73.3 Å². The summed E-state index contributed by atoms with van der Waals surface area (Å²) in [7, 11) is 0. The molecule has 0 atom stereocenters. The Morgan fingerprint density at radius 3 is 2.59 bits per heavy atom. The molecule has 0 N–H and O–H groups in total. The van der Waals surface area contributed by atoms with Crippen molar-refractivity contribution in [3.05, 3.63) is 112 Å². The third-order valence-electron chi connectivity index (χ3n) is 7.60. The second kappa shape index (κ2) is 9.90. The SMILES string of the molecule is C=C(CCc1ccccc1)CC1=CCC=C1C1=Cc2cc(CC3CCCCC3)ccc2C1. The van der Waals surface area contributed by atoms with Crippen molar-refractivity contribution in [3.8, 4) is 0 Å². The Balaban J connectivity index is 1.21. The van der Waals surface area contributed by atoms with Crippen molar-refractivity contribution in [2.75, 3.05) is 0 Å². The number of hydrogen-bond donors (Lipinski definition) is 0. The predicted molar refractivity (Wildman–Crippen MR) is 138 cm³/mol. The van der Waals surface area contributed by atoms with Gasteiger partial charge in [0.15, 0.2) is 0 Å². The van der Waals surface area contributed by atoms with Crippen LogP contribution in [0.4, 0.5) is 0 Å². The van der Waals surface area contributed by atoms with Crippen molar-refractivity contribution >= 4 is 6.08 Å². The average molecular weight is 421 g/mol. The van der Waals surface area contributed by atoms with Gasteiger partial charge in [-0.2, -0.15) is 0 Å². The van der Waals surface area contributed by atoms with Crippen LogP contribution in [-0.2, 0) is 19.3 Å². The van der Waals surface area contributed by atoms with Crippen LogP contribution in [0.15, 0.2) is 89.6 Å². The van der Waals surface area contributed by atoms with Crippen LogP contribution in [0.3, 0.4) is 0 Å². The maximum atomic E-state index is 4.41. The molecule has 5 rings (SSSR count). The molecule has 0 aliphatic heterocycles. The fourth-order valence-corrected chi connectivity index (χ4v) is 5.80. The van der Waals surface area contributed by atoms with Gasteiger partial charge in [0.25, 0.3) is 0 Å². The molecule has 0 radical (unpaired) electrons. The van der Waals surface area contributed by atoms with E-state index in [1.165, 1.54) is 77.5 Å². The Kier molecular flexibility index (Phi) is 6.58. The molecule has 2 aromatic rings. The molecule has 0 bridgehead atoms. The first-order chi connectivity index (χ1) is 15.7. The van der Waals surface area contributed by atoms with Gasteiger partial charge in [-0.05, 0) is 83.4 Å². The summed E-state index contributed by atoms with van der Waals surface area (Å²) in [6, 6.07) is 18.1. The van der Waals surface area contributed by atoms with Gasteiger partial charge in [0.2, 0.25) is 0 Å².